The van der Waals surface area contributed by atoms with Crippen LogP contribution in [0.15, 0.2) is 42.5 Å². The van der Waals surface area contributed by atoms with Gasteiger partial charge in [0.2, 0.25) is 5.91 Å². The molecule has 2 aromatic rings. The van der Waals surface area contributed by atoms with Crippen molar-refractivity contribution >= 4 is 17.3 Å². The highest BCUT2D eigenvalue weighted by Crippen LogP contribution is 2.36. The minimum atomic E-state index is -4.44. The van der Waals surface area contributed by atoms with Crippen molar-refractivity contribution in [1.29, 1.82) is 0 Å². The summed E-state index contributed by atoms with van der Waals surface area (Å²) in [7, 11) is 0. The van der Waals surface area contributed by atoms with Crippen molar-refractivity contribution < 1.29 is 18.0 Å². The number of rotatable bonds is 7. The van der Waals surface area contributed by atoms with Crippen LogP contribution in [0.2, 0.25) is 0 Å². The first-order valence-electron chi connectivity index (χ1n) is 10.1. The number of anilines is 2. The highest BCUT2D eigenvalue weighted by Gasteiger charge is 2.33. The summed E-state index contributed by atoms with van der Waals surface area (Å²) in [4.78, 5) is 15.4. The molecule has 3 rings (SSSR count). The number of hydrogen-bond donors (Lipinski definition) is 2. The van der Waals surface area contributed by atoms with Crippen LogP contribution in [-0.4, -0.2) is 43.5 Å². The molecular weight excluding hydrogens is 393 g/mol. The highest BCUT2D eigenvalue weighted by atomic mass is 19.4. The number of nitrogens with two attached hydrogens (primary N) is 2. The topological polar surface area (TPSA) is 75.6 Å². The van der Waals surface area contributed by atoms with Crippen LogP contribution in [-0.2, 0) is 12.6 Å². The van der Waals surface area contributed by atoms with Crippen LogP contribution in [0.1, 0.15) is 34.3 Å². The van der Waals surface area contributed by atoms with E-state index in [0.717, 1.165) is 45.0 Å². The number of aryl methyl sites for hydroxylation is 1. The summed E-state index contributed by atoms with van der Waals surface area (Å²) in [5.41, 5.74) is 12.0. The molecule has 1 amide bonds. The summed E-state index contributed by atoms with van der Waals surface area (Å²) < 4.78 is 39.2. The molecule has 8 heteroatoms. The first-order valence-corrected chi connectivity index (χ1v) is 10.1. The van der Waals surface area contributed by atoms with E-state index in [1.54, 1.807) is 18.2 Å². The summed E-state index contributed by atoms with van der Waals surface area (Å²) >= 11 is 0. The molecule has 2 aromatic carbocycles. The Bertz CT molecular complexity index is 860. The predicted molar refractivity (Wildman–Crippen MR) is 112 cm³/mol. The number of piperazine rings is 1. The van der Waals surface area contributed by atoms with E-state index < -0.39 is 17.6 Å². The van der Waals surface area contributed by atoms with Crippen molar-refractivity contribution in [3.8, 4) is 0 Å². The monoisotopic (exact) mass is 420 g/mol. The fourth-order valence-electron chi connectivity index (χ4n) is 3.72. The van der Waals surface area contributed by atoms with Gasteiger partial charge in [0.25, 0.3) is 0 Å². The third-order valence-corrected chi connectivity index (χ3v) is 5.51. The number of halogens is 3. The van der Waals surface area contributed by atoms with Gasteiger partial charge in [-0.3, -0.25) is 9.69 Å². The number of hydrogen-bond acceptors (Lipinski definition) is 4. The van der Waals surface area contributed by atoms with Gasteiger partial charge in [0, 0.05) is 43.1 Å². The Labute approximate surface area is 174 Å². The minimum Gasteiger partial charge on any atom is -0.398 e. The summed E-state index contributed by atoms with van der Waals surface area (Å²) in [5, 5.41) is 0. The maximum Gasteiger partial charge on any atom is 0.418 e. The molecule has 0 spiro atoms. The van der Waals surface area contributed by atoms with Crippen molar-refractivity contribution in [3.63, 3.8) is 0 Å². The first-order chi connectivity index (χ1) is 14.2. The second-order valence-corrected chi connectivity index (χ2v) is 7.62. The second-order valence-electron chi connectivity index (χ2n) is 7.62. The molecular formula is C22H27F3N4O. The molecule has 1 saturated heterocycles. The van der Waals surface area contributed by atoms with E-state index in [4.69, 9.17) is 11.5 Å². The van der Waals surface area contributed by atoms with Gasteiger partial charge < -0.3 is 16.4 Å². The highest BCUT2D eigenvalue weighted by molar-refractivity contribution is 5.92. The van der Waals surface area contributed by atoms with Gasteiger partial charge in [0.15, 0.2) is 0 Å². The number of primary amides is 1. The van der Waals surface area contributed by atoms with Gasteiger partial charge in [0.05, 0.1) is 5.56 Å². The summed E-state index contributed by atoms with van der Waals surface area (Å²) in [6.07, 6.45) is -1.44. The molecule has 0 radical (unpaired) electrons. The third-order valence-electron chi connectivity index (χ3n) is 5.51. The molecule has 0 saturated carbocycles. The molecule has 0 aromatic heterocycles. The number of carbonyl (C=O) groups is 1. The quantitative estimate of drug-likeness (QED) is 0.531. The van der Waals surface area contributed by atoms with Gasteiger partial charge in [-0.2, -0.15) is 13.2 Å². The Morgan fingerprint density at radius 1 is 0.967 bits per heavy atom. The maximum atomic E-state index is 13.1. The van der Waals surface area contributed by atoms with Crippen LogP contribution in [0.5, 0.6) is 0 Å². The molecule has 0 unspecified atom stereocenters. The van der Waals surface area contributed by atoms with Crippen LogP contribution in [0.4, 0.5) is 24.5 Å². The average Bonchev–Trinajstić information content (AvgIpc) is 2.71. The predicted octanol–water partition coefficient (Wildman–Crippen LogP) is 3.53. The van der Waals surface area contributed by atoms with Crippen molar-refractivity contribution in [2.24, 2.45) is 5.73 Å². The smallest absolute Gasteiger partial charge is 0.398 e. The van der Waals surface area contributed by atoms with E-state index in [9.17, 15) is 18.0 Å². The van der Waals surface area contributed by atoms with Crippen molar-refractivity contribution in [3.05, 3.63) is 59.2 Å². The summed E-state index contributed by atoms with van der Waals surface area (Å²) in [6.45, 7) is 3.98. The second kappa shape index (κ2) is 9.38. The van der Waals surface area contributed by atoms with E-state index in [2.05, 4.69) is 4.90 Å². The number of carbonyl (C=O) groups excluding carboxylic acids is 1. The fraction of sp³-hybridized carbons (Fsp3) is 0.409. The summed E-state index contributed by atoms with van der Waals surface area (Å²) in [5.74, 6) is -0.422. The molecule has 30 heavy (non-hydrogen) atoms. The number of nitrogen functional groups attached to an aromatic ring is 1. The van der Waals surface area contributed by atoms with E-state index in [-0.39, 0.29) is 5.69 Å². The average molecular weight is 420 g/mol. The Balaban J connectivity index is 1.42. The summed E-state index contributed by atoms with van der Waals surface area (Å²) in [6, 6.07) is 11.5. The third kappa shape index (κ3) is 5.66. The van der Waals surface area contributed by atoms with Gasteiger partial charge in [-0.25, -0.2) is 0 Å². The maximum absolute atomic E-state index is 13.1. The first kappa shape index (κ1) is 22.0. The zero-order valence-electron chi connectivity index (χ0n) is 16.8. The number of amides is 1. The van der Waals surface area contributed by atoms with Crippen LogP contribution >= 0.6 is 0 Å². The zero-order valence-corrected chi connectivity index (χ0v) is 16.8. The molecule has 1 heterocycles. The van der Waals surface area contributed by atoms with E-state index in [1.165, 1.54) is 11.6 Å². The number of nitrogens with zero attached hydrogens (tertiary/aromatic N) is 2. The van der Waals surface area contributed by atoms with Crippen molar-refractivity contribution in [2.75, 3.05) is 43.4 Å². The molecule has 0 aliphatic carbocycles. The largest absolute Gasteiger partial charge is 0.418 e. The lowest BCUT2D eigenvalue weighted by molar-refractivity contribution is -0.136. The van der Waals surface area contributed by atoms with E-state index in [0.29, 0.717) is 24.3 Å². The molecule has 4 N–H and O–H groups in total. The molecule has 0 atom stereocenters. The van der Waals surface area contributed by atoms with Gasteiger partial charge in [-0.15, -0.1) is 0 Å². The Hall–Kier alpha value is -2.74. The van der Waals surface area contributed by atoms with E-state index in [1.807, 2.05) is 17.0 Å². The SMILES string of the molecule is NC(=O)c1ccc(CCCCN2CCN(c3ccc(N)c(C(F)(F)F)c3)CC2)cc1. The standard InChI is InChI=1S/C22H27F3N4O/c23-22(24,25)19-15-18(8-9-20(19)26)29-13-11-28(12-14-29)10-2-1-3-16-4-6-17(7-5-16)21(27)30/h4-9,15H,1-3,10-14,26H2,(H2,27,30). The molecule has 162 valence electrons. The lowest BCUT2D eigenvalue weighted by Gasteiger charge is -2.36. The van der Waals surface area contributed by atoms with Crippen LogP contribution < -0.4 is 16.4 Å². The molecule has 0 bridgehead atoms. The lowest BCUT2D eigenvalue weighted by Crippen LogP contribution is -2.46. The molecule has 1 aliphatic rings. The Morgan fingerprint density at radius 2 is 1.63 bits per heavy atom. The number of alkyl halides is 3. The minimum absolute atomic E-state index is 0.242. The Morgan fingerprint density at radius 3 is 2.23 bits per heavy atom. The van der Waals surface area contributed by atoms with Gasteiger partial charge in [-0.1, -0.05) is 12.1 Å². The van der Waals surface area contributed by atoms with Crippen molar-refractivity contribution in [2.45, 2.75) is 25.4 Å². The normalized spacial score (nSPS) is 15.4. The van der Waals surface area contributed by atoms with Gasteiger partial charge >= 0.3 is 6.18 Å². The fourth-order valence-corrected chi connectivity index (χ4v) is 3.72. The number of benzene rings is 2. The van der Waals surface area contributed by atoms with E-state index >= 15 is 0 Å². The Kier molecular flexibility index (Phi) is 6.87. The zero-order chi connectivity index (χ0) is 21.7. The lowest BCUT2D eigenvalue weighted by atomic mass is 10.1. The van der Waals surface area contributed by atoms with Crippen LogP contribution in [0.3, 0.4) is 0 Å². The van der Waals surface area contributed by atoms with Crippen molar-refractivity contribution in [1.82, 2.24) is 4.90 Å². The van der Waals surface area contributed by atoms with Crippen LogP contribution in [0, 0.1) is 0 Å². The molecule has 1 aliphatic heterocycles. The van der Waals surface area contributed by atoms with Crippen LogP contribution in [0.25, 0.3) is 0 Å². The van der Waals surface area contributed by atoms with Gasteiger partial charge in [-0.05, 0) is 61.7 Å². The molecule has 5 nitrogen and oxygen atoms in total. The van der Waals surface area contributed by atoms with Gasteiger partial charge in [0.1, 0.15) is 0 Å². The molecule has 1 fully saturated rings. The number of unbranched alkanes of at least 4 members (excludes halogenated alkanes) is 1.